The van der Waals surface area contributed by atoms with Crippen molar-refractivity contribution in [2.75, 3.05) is 50.7 Å². The Balaban J connectivity index is 1.77. The van der Waals surface area contributed by atoms with Gasteiger partial charge in [0, 0.05) is 37.4 Å². The maximum atomic E-state index is 12.2. The first-order chi connectivity index (χ1) is 16.2. The summed E-state index contributed by atoms with van der Waals surface area (Å²) in [5.74, 6) is -0.839. The van der Waals surface area contributed by atoms with Gasteiger partial charge in [-0.25, -0.2) is 4.79 Å². The van der Waals surface area contributed by atoms with Crippen molar-refractivity contribution in [3.63, 3.8) is 0 Å². The molecular formula is C28H39N3O2. The quantitative estimate of drug-likeness (QED) is 0.501. The van der Waals surface area contributed by atoms with E-state index in [4.69, 9.17) is 0 Å². The summed E-state index contributed by atoms with van der Waals surface area (Å²) in [4.78, 5) is 19.6. The molecule has 5 nitrogen and oxygen atoms in total. The lowest BCUT2D eigenvalue weighted by Gasteiger charge is -2.31. The Bertz CT molecular complexity index is 903. The minimum absolute atomic E-state index is 0.404. The lowest BCUT2D eigenvalue weighted by atomic mass is 9.93. The summed E-state index contributed by atoms with van der Waals surface area (Å²) in [5, 5.41) is 9.98. The topological polar surface area (TPSA) is 47.0 Å². The molecule has 2 aromatic rings. The molecule has 0 radical (unpaired) electrons. The Kier molecular flexibility index (Phi) is 8.40. The van der Waals surface area contributed by atoms with Gasteiger partial charge in [-0.15, -0.1) is 0 Å². The molecule has 0 aromatic heterocycles. The lowest BCUT2D eigenvalue weighted by molar-refractivity contribution is 0.0696. The summed E-state index contributed by atoms with van der Waals surface area (Å²) < 4.78 is 0. The number of hydrogen-bond donors (Lipinski definition) is 1. The highest BCUT2D eigenvalue weighted by Crippen LogP contribution is 2.37. The highest BCUT2D eigenvalue weighted by atomic mass is 16.4. The number of aromatic carboxylic acids is 1. The standard InChI is InChI=1S/C28H39N3O2/c1-2-3-17-31(19-18-29-13-7-8-14-29)26-21-24(28(32)33)20-25(22-30-15-9-10-16-30)27(26)23-11-5-4-6-12-23/h4-6,11-12,20-21H,2-3,7-10,13-19,22H2,1H3,(H,32,33). The largest absolute Gasteiger partial charge is 0.478 e. The Labute approximate surface area is 199 Å². The van der Waals surface area contributed by atoms with Crippen LogP contribution in [0.3, 0.4) is 0 Å². The van der Waals surface area contributed by atoms with Crippen LogP contribution in [0, 0.1) is 0 Å². The molecule has 0 spiro atoms. The van der Waals surface area contributed by atoms with Gasteiger partial charge in [-0.05, 0) is 81.5 Å². The molecule has 2 saturated heterocycles. The SMILES string of the molecule is CCCCN(CCN1CCCC1)c1cc(C(=O)O)cc(CN2CCCC2)c1-c1ccccc1. The fraction of sp³-hybridized carbons (Fsp3) is 0.536. The van der Waals surface area contributed by atoms with Crippen LogP contribution < -0.4 is 4.90 Å². The first-order valence-electron chi connectivity index (χ1n) is 12.8. The summed E-state index contributed by atoms with van der Waals surface area (Å²) in [7, 11) is 0. The summed E-state index contributed by atoms with van der Waals surface area (Å²) in [6.45, 7) is 10.5. The molecule has 2 aliphatic heterocycles. The molecule has 2 aromatic carbocycles. The molecule has 2 heterocycles. The maximum Gasteiger partial charge on any atom is 0.335 e. The third-order valence-electron chi connectivity index (χ3n) is 7.11. The summed E-state index contributed by atoms with van der Waals surface area (Å²) in [6.07, 6.45) is 7.26. The van der Waals surface area contributed by atoms with Crippen molar-refractivity contribution >= 4 is 11.7 Å². The van der Waals surface area contributed by atoms with E-state index in [9.17, 15) is 9.90 Å². The Hall–Kier alpha value is -2.37. The van der Waals surface area contributed by atoms with Gasteiger partial charge >= 0.3 is 5.97 Å². The number of benzene rings is 2. The number of likely N-dealkylation sites (tertiary alicyclic amines) is 2. The van der Waals surface area contributed by atoms with Crippen LogP contribution in [0.15, 0.2) is 42.5 Å². The highest BCUT2D eigenvalue weighted by molar-refractivity contribution is 5.93. The molecule has 33 heavy (non-hydrogen) atoms. The molecule has 178 valence electrons. The van der Waals surface area contributed by atoms with Gasteiger partial charge in [0.05, 0.1) is 5.56 Å². The van der Waals surface area contributed by atoms with Crippen molar-refractivity contribution in [3.05, 3.63) is 53.6 Å². The van der Waals surface area contributed by atoms with Crippen molar-refractivity contribution in [1.82, 2.24) is 9.80 Å². The summed E-state index contributed by atoms with van der Waals surface area (Å²) in [6, 6.07) is 14.4. The zero-order valence-electron chi connectivity index (χ0n) is 20.1. The molecule has 2 aliphatic rings. The van der Waals surface area contributed by atoms with E-state index in [1.165, 1.54) is 49.9 Å². The average Bonchev–Trinajstić information content (AvgIpc) is 3.54. The van der Waals surface area contributed by atoms with Gasteiger partial charge in [0.15, 0.2) is 0 Å². The molecule has 0 aliphatic carbocycles. The van der Waals surface area contributed by atoms with Crippen LogP contribution in [-0.2, 0) is 6.54 Å². The van der Waals surface area contributed by atoms with Crippen molar-refractivity contribution in [2.24, 2.45) is 0 Å². The fourth-order valence-corrected chi connectivity index (χ4v) is 5.27. The number of carboxylic acid groups (broad SMARTS) is 1. The molecular weight excluding hydrogens is 410 g/mol. The highest BCUT2D eigenvalue weighted by Gasteiger charge is 2.23. The van der Waals surface area contributed by atoms with E-state index in [0.29, 0.717) is 5.56 Å². The minimum atomic E-state index is -0.839. The van der Waals surface area contributed by atoms with Crippen molar-refractivity contribution in [1.29, 1.82) is 0 Å². The summed E-state index contributed by atoms with van der Waals surface area (Å²) in [5.41, 5.74) is 5.02. The third kappa shape index (κ3) is 6.15. The number of anilines is 1. The average molecular weight is 450 g/mol. The monoisotopic (exact) mass is 449 g/mol. The van der Waals surface area contributed by atoms with Crippen molar-refractivity contribution in [3.8, 4) is 11.1 Å². The number of unbranched alkanes of at least 4 members (excludes halogenated alkanes) is 1. The Morgan fingerprint density at radius 3 is 2.24 bits per heavy atom. The van der Waals surface area contributed by atoms with Gasteiger partial charge < -0.3 is 14.9 Å². The molecule has 2 fully saturated rings. The molecule has 0 atom stereocenters. The Morgan fingerprint density at radius 1 is 0.939 bits per heavy atom. The van der Waals surface area contributed by atoms with E-state index < -0.39 is 5.97 Å². The second-order valence-electron chi connectivity index (χ2n) is 9.57. The van der Waals surface area contributed by atoms with E-state index in [-0.39, 0.29) is 0 Å². The third-order valence-corrected chi connectivity index (χ3v) is 7.11. The van der Waals surface area contributed by atoms with Crippen LogP contribution in [-0.4, -0.2) is 66.7 Å². The van der Waals surface area contributed by atoms with Crippen LogP contribution in [0.5, 0.6) is 0 Å². The molecule has 4 rings (SSSR count). The molecule has 0 unspecified atom stereocenters. The number of carbonyl (C=O) groups is 1. The zero-order valence-corrected chi connectivity index (χ0v) is 20.1. The van der Waals surface area contributed by atoms with Gasteiger partial charge in [-0.3, -0.25) is 4.90 Å². The van der Waals surface area contributed by atoms with Crippen LogP contribution in [0.4, 0.5) is 5.69 Å². The van der Waals surface area contributed by atoms with Gasteiger partial charge in [0.1, 0.15) is 0 Å². The zero-order chi connectivity index (χ0) is 23.0. The van der Waals surface area contributed by atoms with Crippen LogP contribution >= 0.6 is 0 Å². The van der Waals surface area contributed by atoms with Gasteiger partial charge in [-0.2, -0.15) is 0 Å². The lowest BCUT2D eigenvalue weighted by Crippen LogP contribution is -2.35. The second-order valence-corrected chi connectivity index (χ2v) is 9.57. The van der Waals surface area contributed by atoms with Crippen LogP contribution in [0.2, 0.25) is 0 Å². The van der Waals surface area contributed by atoms with E-state index in [0.717, 1.165) is 63.4 Å². The van der Waals surface area contributed by atoms with Gasteiger partial charge in [-0.1, -0.05) is 43.7 Å². The maximum absolute atomic E-state index is 12.2. The number of rotatable bonds is 11. The molecule has 0 amide bonds. The summed E-state index contributed by atoms with van der Waals surface area (Å²) >= 11 is 0. The van der Waals surface area contributed by atoms with E-state index in [1.54, 1.807) is 0 Å². The van der Waals surface area contributed by atoms with Crippen LogP contribution in [0.1, 0.15) is 61.4 Å². The normalized spacial score (nSPS) is 17.0. The van der Waals surface area contributed by atoms with Crippen molar-refractivity contribution in [2.45, 2.75) is 52.0 Å². The van der Waals surface area contributed by atoms with Gasteiger partial charge in [0.25, 0.3) is 0 Å². The fourth-order valence-electron chi connectivity index (χ4n) is 5.27. The van der Waals surface area contributed by atoms with Crippen LogP contribution in [0.25, 0.3) is 11.1 Å². The Morgan fingerprint density at radius 2 is 1.61 bits per heavy atom. The predicted octanol–water partition coefficient (Wildman–Crippen LogP) is 5.35. The molecule has 0 saturated carbocycles. The molecule has 0 bridgehead atoms. The first kappa shape index (κ1) is 23.8. The second kappa shape index (κ2) is 11.7. The minimum Gasteiger partial charge on any atom is -0.478 e. The number of hydrogen-bond acceptors (Lipinski definition) is 4. The van der Waals surface area contributed by atoms with E-state index >= 15 is 0 Å². The number of carboxylic acids is 1. The molecule has 1 N–H and O–H groups in total. The smallest absolute Gasteiger partial charge is 0.335 e. The van der Waals surface area contributed by atoms with Gasteiger partial charge in [0.2, 0.25) is 0 Å². The molecule has 5 heteroatoms. The first-order valence-corrected chi connectivity index (χ1v) is 12.8. The number of nitrogens with zero attached hydrogens (tertiary/aromatic N) is 3. The van der Waals surface area contributed by atoms with Crippen molar-refractivity contribution < 1.29 is 9.90 Å². The predicted molar refractivity (Wildman–Crippen MR) is 136 cm³/mol. The van der Waals surface area contributed by atoms with E-state index in [2.05, 4.69) is 52.0 Å². The van der Waals surface area contributed by atoms with E-state index in [1.807, 2.05) is 12.1 Å².